The molecular weight excluding hydrogens is 382 g/mol. The summed E-state index contributed by atoms with van der Waals surface area (Å²) in [6, 6.07) is 4.23. The number of carbonyl (C=O) groups excluding carboxylic acids is 1. The second-order valence-corrected chi connectivity index (χ2v) is 7.69. The summed E-state index contributed by atoms with van der Waals surface area (Å²) in [6.07, 6.45) is 5.19. The van der Waals surface area contributed by atoms with Crippen LogP contribution in [0.4, 0.5) is 8.78 Å². The lowest BCUT2D eigenvalue weighted by Crippen LogP contribution is -2.46. The van der Waals surface area contributed by atoms with Crippen molar-refractivity contribution in [1.82, 2.24) is 20.0 Å². The molecule has 0 unspecified atom stereocenters. The molecule has 0 aliphatic rings. The summed E-state index contributed by atoms with van der Waals surface area (Å²) in [6.45, 7) is 6.46. The van der Waals surface area contributed by atoms with Crippen molar-refractivity contribution in [2.75, 3.05) is 0 Å². The fraction of sp³-hybridized carbons (Fsp3) is 0.350. The first-order valence-electron chi connectivity index (χ1n) is 9.02. The molecule has 1 N–H and O–H groups in total. The third-order valence-corrected chi connectivity index (χ3v) is 4.36. The van der Waals surface area contributed by atoms with Crippen molar-refractivity contribution in [1.29, 1.82) is 0 Å². The van der Waals surface area contributed by atoms with Gasteiger partial charge in [-0.2, -0.15) is 0 Å². The van der Waals surface area contributed by atoms with Gasteiger partial charge >= 0.3 is 0 Å². The Balaban J connectivity index is 1.63. The first-order chi connectivity index (χ1) is 13.7. The van der Waals surface area contributed by atoms with Crippen LogP contribution in [0.25, 0.3) is 0 Å². The molecule has 0 aliphatic carbocycles. The molecular formula is C20H22F2N4O3. The van der Waals surface area contributed by atoms with E-state index in [-0.39, 0.29) is 35.3 Å². The van der Waals surface area contributed by atoms with Gasteiger partial charge in [0.25, 0.3) is 5.91 Å². The number of nitrogens with zero attached hydrogens (tertiary/aromatic N) is 3. The first-order valence-corrected chi connectivity index (χ1v) is 9.02. The lowest BCUT2D eigenvalue weighted by molar-refractivity contribution is 0.0883. The third-order valence-electron chi connectivity index (χ3n) is 4.36. The van der Waals surface area contributed by atoms with E-state index in [0.717, 1.165) is 12.1 Å². The third kappa shape index (κ3) is 5.40. The lowest BCUT2D eigenvalue weighted by Gasteiger charge is -2.31. The Morgan fingerprint density at radius 2 is 2.10 bits per heavy atom. The molecule has 9 heteroatoms. The number of rotatable bonds is 7. The van der Waals surface area contributed by atoms with Gasteiger partial charge < -0.3 is 19.1 Å². The highest BCUT2D eigenvalue weighted by Crippen LogP contribution is 2.22. The highest BCUT2D eigenvalue weighted by atomic mass is 19.1. The number of ether oxygens (including phenoxy) is 1. The van der Waals surface area contributed by atoms with Gasteiger partial charge in [0.1, 0.15) is 12.4 Å². The molecule has 7 nitrogen and oxygen atoms in total. The summed E-state index contributed by atoms with van der Waals surface area (Å²) in [4.78, 5) is 16.6. The number of benzene rings is 1. The van der Waals surface area contributed by atoms with Gasteiger partial charge in [0, 0.05) is 31.1 Å². The Labute approximate surface area is 166 Å². The van der Waals surface area contributed by atoms with E-state index in [2.05, 4.69) is 15.5 Å². The number of amides is 1. The van der Waals surface area contributed by atoms with Gasteiger partial charge in [-0.15, -0.1) is 0 Å². The molecule has 1 amide bonds. The zero-order valence-corrected chi connectivity index (χ0v) is 16.4. The monoisotopic (exact) mass is 404 g/mol. The summed E-state index contributed by atoms with van der Waals surface area (Å²) in [5.74, 6) is -1.80. The van der Waals surface area contributed by atoms with Crippen molar-refractivity contribution < 1.29 is 22.8 Å². The summed E-state index contributed by atoms with van der Waals surface area (Å²) < 4.78 is 38.8. The average molecular weight is 404 g/mol. The quantitative estimate of drug-likeness (QED) is 0.651. The molecule has 3 rings (SSSR count). The molecule has 0 aliphatic heterocycles. The van der Waals surface area contributed by atoms with Crippen LogP contribution in [0.2, 0.25) is 0 Å². The van der Waals surface area contributed by atoms with Gasteiger partial charge in [-0.05, 0) is 17.5 Å². The van der Waals surface area contributed by atoms with E-state index in [0.29, 0.717) is 6.54 Å². The second kappa shape index (κ2) is 8.42. The molecule has 2 aromatic heterocycles. The number of halogens is 2. The summed E-state index contributed by atoms with van der Waals surface area (Å²) in [5, 5.41) is 6.72. The van der Waals surface area contributed by atoms with Crippen molar-refractivity contribution in [3.63, 3.8) is 0 Å². The molecule has 1 atom stereocenters. The number of hydrogen-bond acceptors (Lipinski definition) is 5. The number of carbonyl (C=O) groups is 1. The topological polar surface area (TPSA) is 82.2 Å². The minimum absolute atomic E-state index is 0.0862. The highest BCUT2D eigenvalue weighted by Gasteiger charge is 2.28. The van der Waals surface area contributed by atoms with Crippen LogP contribution in [0.15, 0.2) is 47.5 Å². The minimum atomic E-state index is -0.824. The van der Waals surface area contributed by atoms with Gasteiger partial charge in [-0.1, -0.05) is 25.9 Å². The molecule has 3 aromatic rings. The van der Waals surface area contributed by atoms with Crippen LogP contribution < -0.4 is 10.1 Å². The van der Waals surface area contributed by atoms with Gasteiger partial charge in [-0.3, -0.25) is 4.79 Å². The summed E-state index contributed by atoms with van der Waals surface area (Å²) in [7, 11) is 0. The molecule has 0 spiro atoms. The maximum absolute atomic E-state index is 13.6. The number of hydrogen-bond donors (Lipinski definition) is 1. The van der Waals surface area contributed by atoms with Crippen LogP contribution in [0.3, 0.4) is 0 Å². The first kappa shape index (κ1) is 20.5. The molecule has 154 valence electrons. The van der Waals surface area contributed by atoms with Gasteiger partial charge in [0.15, 0.2) is 23.0 Å². The van der Waals surface area contributed by atoms with E-state index in [4.69, 9.17) is 9.26 Å². The van der Waals surface area contributed by atoms with Gasteiger partial charge in [-0.25, -0.2) is 13.8 Å². The standard InChI is InChI=1S/C20H22F2N4O3/c1-20(2,3)18(10-26-7-6-23-12-26)24-19(27)16-9-14(29-25-16)11-28-17-5-4-13(21)8-15(17)22/h4-9,12,18H,10-11H2,1-3H3,(H,24,27)/t18-/m1/s1. The van der Waals surface area contributed by atoms with Crippen molar-refractivity contribution in [3.8, 4) is 5.75 Å². The molecule has 29 heavy (non-hydrogen) atoms. The SMILES string of the molecule is CC(C)(C)[C@@H](Cn1ccnc1)NC(=O)c1cc(COc2ccc(F)cc2F)on1. The Kier molecular flexibility index (Phi) is 5.95. The predicted octanol–water partition coefficient (Wildman–Crippen LogP) is 3.57. The fourth-order valence-electron chi connectivity index (χ4n) is 2.60. The number of nitrogens with one attached hydrogen (secondary N) is 1. The Morgan fingerprint density at radius 1 is 1.31 bits per heavy atom. The molecule has 0 bridgehead atoms. The van der Waals surface area contributed by atoms with Crippen molar-refractivity contribution in [3.05, 3.63) is 66.1 Å². The average Bonchev–Trinajstić information content (AvgIpc) is 3.31. The van der Waals surface area contributed by atoms with Crippen LogP contribution in [-0.4, -0.2) is 26.7 Å². The van der Waals surface area contributed by atoms with Crippen LogP contribution in [0.5, 0.6) is 5.75 Å². The molecule has 2 heterocycles. The largest absolute Gasteiger partial charge is 0.482 e. The smallest absolute Gasteiger partial charge is 0.273 e. The van der Waals surface area contributed by atoms with E-state index >= 15 is 0 Å². The Hall–Kier alpha value is -3.23. The second-order valence-electron chi connectivity index (χ2n) is 7.69. The van der Waals surface area contributed by atoms with Crippen LogP contribution in [0.1, 0.15) is 37.0 Å². The van der Waals surface area contributed by atoms with Crippen molar-refractivity contribution in [2.24, 2.45) is 5.41 Å². The van der Waals surface area contributed by atoms with Crippen molar-refractivity contribution in [2.45, 2.75) is 40.0 Å². The summed E-state index contributed by atoms with van der Waals surface area (Å²) in [5.41, 5.74) is -0.126. The number of imidazole rings is 1. The molecule has 0 saturated heterocycles. The molecule has 0 radical (unpaired) electrons. The van der Waals surface area contributed by atoms with Gasteiger partial charge in [0.05, 0.1) is 12.4 Å². The normalized spacial score (nSPS) is 12.6. The highest BCUT2D eigenvalue weighted by molar-refractivity contribution is 5.92. The molecule has 0 fully saturated rings. The molecule has 0 saturated carbocycles. The van der Waals surface area contributed by atoms with E-state index in [1.807, 2.05) is 31.5 Å². The molecule has 1 aromatic carbocycles. The predicted molar refractivity (Wildman–Crippen MR) is 100 cm³/mol. The summed E-state index contributed by atoms with van der Waals surface area (Å²) >= 11 is 0. The van der Waals surface area contributed by atoms with E-state index in [9.17, 15) is 13.6 Å². The van der Waals surface area contributed by atoms with Crippen LogP contribution >= 0.6 is 0 Å². The van der Waals surface area contributed by atoms with Gasteiger partial charge in [0.2, 0.25) is 0 Å². The van der Waals surface area contributed by atoms with E-state index in [1.165, 1.54) is 12.1 Å². The Morgan fingerprint density at radius 3 is 2.76 bits per heavy atom. The zero-order valence-electron chi connectivity index (χ0n) is 16.4. The van der Waals surface area contributed by atoms with E-state index in [1.54, 1.807) is 12.5 Å². The maximum Gasteiger partial charge on any atom is 0.273 e. The fourth-order valence-corrected chi connectivity index (χ4v) is 2.60. The minimum Gasteiger partial charge on any atom is -0.482 e. The zero-order chi connectivity index (χ0) is 21.0. The van der Waals surface area contributed by atoms with Crippen molar-refractivity contribution >= 4 is 5.91 Å². The Bertz CT molecular complexity index is 965. The maximum atomic E-state index is 13.6. The van der Waals surface area contributed by atoms with Crippen LogP contribution in [0, 0.1) is 17.0 Å². The van der Waals surface area contributed by atoms with Crippen LogP contribution in [-0.2, 0) is 13.2 Å². The lowest BCUT2D eigenvalue weighted by atomic mass is 9.86. The van der Waals surface area contributed by atoms with E-state index < -0.39 is 17.5 Å². The number of aromatic nitrogens is 3.